The van der Waals surface area contributed by atoms with E-state index in [-0.39, 0.29) is 11.8 Å². The number of carbonyl (C=O) groups is 2. The summed E-state index contributed by atoms with van der Waals surface area (Å²) in [4.78, 5) is 22.5. The third-order valence-electron chi connectivity index (χ3n) is 3.20. The number of imidazole rings is 1. The van der Waals surface area contributed by atoms with Gasteiger partial charge in [0.05, 0.1) is 13.6 Å². The Morgan fingerprint density at radius 2 is 1.91 bits per heavy atom. The first-order valence-corrected chi connectivity index (χ1v) is 7.13. The molecular formula is C16H21N4O2+. The summed E-state index contributed by atoms with van der Waals surface area (Å²) in [5.74, 6) is -0.225. The Bertz CT molecular complexity index is 691. The highest BCUT2D eigenvalue weighted by Gasteiger charge is 2.09. The smallest absolute Gasteiger partial charge is 0.243 e. The van der Waals surface area contributed by atoms with Crippen molar-refractivity contribution in [3.05, 3.63) is 42.5 Å². The molecule has 0 spiro atoms. The molecule has 0 radical (unpaired) electrons. The number of anilines is 2. The second kappa shape index (κ2) is 6.89. The Morgan fingerprint density at radius 1 is 1.18 bits per heavy atom. The van der Waals surface area contributed by atoms with E-state index in [1.54, 1.807) is 6.07 Å². The van der Waals surface area contributed by atoms with Crippen LogP contribution in [0.25, 0.3) is 0 Å². The van der Waals surface area contributed by atoms with Crippen molar-refractivity contribution in [3.8, 4) is 0 Å². The molecule has 22 heavy (non-hydrogen) atoms. The van der Waals surface area contributed by atoms with E-state index in [0.717, 1.165) is 29.9 Å². The second-order valence-electron chi connectivity index (χ2n) is 5.30. The summed E-state index contributed by atoms with van der Waals surface area (Å²) >= 11 is 0. The van der Waals surface area contributed by atoms with Gasteiger partial charge in [0, 0.05) is 31.6 Å². The second-order valence-corrected chi connectivity index (χ2v) is 5.30. The van der Waals surface area contributed by atoms with Crippen LogP contribution in [0.4, 0.5) is 11.4 Å². The molecule has 116 valence electrons. The Labute approximate surface area is 129 Å². The molecule has 1 aromatic carbocycles. The predicted molar refractivity (Wildman–Crippen MR) is 84.4 cm³/mol. The molecule has 1 heterocycles. The van der Waals surface area contributed by atoms with Crippen molar-refractivity contribution in [1.82, 2.24) is 4.57 Å². The van der Waals surface area contributed by atoms with E-state index in [0.29, 0.717) is 0 Å². The van der Waals surface area contributed by atoms with Crippen molar-refractivity contribution in [2.45, 2.75) is 26.8 Å². The van der Waals surface area contributed by atoms with Gasteiger partial charge in [0.15, 0.2) is 0 Å². The fourth-order valence-electron chi connectivity index (χ4n) is 2.28. The molecule has 6 heteroatoms. The van der Waals surface area contributed by atoms with E-state index < -0.39 is 0 Å². The van der Waals surface area contributed by atoms with E-state index in [1.165, 1.54) is 13.8 Å². The first kappa shape index (κ1) is 15.8. The Morgan fingerprint density at radius 3 is 2.50 bits per heavy atom. The van der Waals surface area contributed by atoms with Gasteiger partial charge in [-0.3, -0.25) is 9.59 Å². The number of carbonyl (C=O) groups excluding carboxylic acids is 2. The maximum Gasteiger partial charge on any atom is 0.243 e. The topological polar surface area (TPSA) is 67.0 Å². The molecule has 0 atom stereocenters. The summed E-state index contributed by atoms with van der Waals surface area (Å²) in [6.45, 7) is 3.75. The molecule has 2 N–H and O–H groups in total. The van der Waals surface area contributed by atoms with Gasteiger partial charge in [0.2, 0.25) is 18.1 Å². The van der Waals surface area contributed by atoms with Crippen molar-refractivity contribution in [1.29, 1.82) is 0 Å². The fraction of sp³-hybridized carbons (Fsp3) is 0.312. The minimum absolute atomic E-state index is 0.110. The Balaban J connectivity index is 2.19. The highest BCUT2D eigenvalue weighted by atomic mass is 16.2. The summed E-state index contributed by atoms with van der Waals surface area (Å²) in [6.07, 6.45) is 6.71. The van der Waals surface area contributed by atoms with Crippen LogP contribution in [-0.4, -0.2) is 16.4 Å². The molecule has 0 bridgehead atoms. The van der Waals surface area contributed by atoms with E-state index in [4.69, 9.17) is 0 Å². The minimum Gasteiger partial charge on any atom is -0.326 e. The van der Waals surface area contributed by atoms with Crippen LogP contribution in [0.2, 0.25) is 0 Å². The van der Waals surface area contributed by atoms with Crippen molar-refractivity contribution < 1.29 is 14.2 Å². The summed E-state index contributed by atoms with van der Waals surface area (Å²) < 4.78 is 4.05. The average Bonchev–Trinajstić information content (AvgIpc) is 2.83. The van der Waals surface area contributed by atoms with Crippen LogP contribution in [0.3, 0.4) is 0 Å². The quantitative estimate of drug-likeness (QED) is 0.821. The molecule has 0 unspecified atom stereocenters. The van der Waals surface area contributed by atoms with Gasteiger partial charge in [0.25, 0.3) is 0 Å². The average molecular weight is 301 g/mol. The lowest BCUT2D eigenvalue weighted by Crippen LogP contribution is -2.23. The van der Waals surface area contributed by atoms with Crippen LogP contribution in [0, 0.1) is 0 Å². The van der Waals surface area contributed by atoms with Gasteiger partial charge in [-0.1, -0.05) is 0 Å². The third-order valence-corrected chi connectivity index (χ3v) is 3.20. The molecule has 0 aliphatic heterocycles. The Hall–Kier alpha value is -2.63. The zero-order chi connectivity index (χ0) is 16.1. The highest BCUT2D eigenvalue weighted by Crippen LogP contribution is 2.22. The van der Waals surface area contributed by atoms with Crippen molar-refractivity contribution >= 4 is 23.2 Å². The number of aromatic nitrogens is 2. The minimum atomic E-state index is -0.115. The zero-order valence-electron chi connectivity index (χ0n) is 13.1. The molecule has 2 aromatic rings. The number of hydrogen-bond acceptors (Lipinski definition) is 2. The van der Waals surface area contributed by atoms with Crippen LogP contribution in [-0.2, 0) is 29.6 Å². The lowest BCUT2D eigenvalue weighted by Gasteiger charge is -2.12. The molecule has 0 aliphatic rings. The monoisotopic (exact) mass is 301 g/mol. The Kier molecular flexibility index (Phi) is 4.93. The maximum absolute atomic E-state index is 11.3. The number of nitrogens with one attached hydrogen (secondary N) is 2. The molecule has 2 amide bonds. The van der Waals surface area contributed by atoms with E-state index in [1.807, 2.05) is 42.5 Å². The highest BCUT2D eigenvalue weighted by molar-refractivity contribution is 5.92. The number of rotatable bonds is 5. The standard InChI is InChI=1S/C16H20N4O2/c1-12(21)17-15-4-5-16(18-13(2)22)14(10-15)6-7-20-9-8-19(3)11-20/h4-5,8-11H,6-7H2,1-3H3,(H-,17,18,21,22)/p+1. The molecule has 0 fully saturated rings. The fourth-order valence-corrected chi connectivity index (χ4v) is 2.28. The summed E-state index contributed by atoms with van der Waals surface area (Å²) in [5.41, 5.74) is 2.49. The number of amides is 2. The largest absolute Gasteiger partial charge is 0.326 e. The van der Waals surface area contributed by atoms with E-state index in [2.05, 4.69) is 15.2 Å². The molecule has 0 saturated carbocycles. The summed E-state index contributed by atoms with van der Waals surface area (Å²) in [6, 6.07) is 5.50. The van der Waals surface area contributed by atoms with Crippen LogP contribution < -0.4 is 15.2 Å². The number of nitrogens with zero attached hydrogens (tertiary/aromatic N) is 2. The predicted octanol–water partition coefficient (Wildman–Crippen LogP) is 1.47. The maximum atomic E-state index is 11.3. The first-order chi connectivity index (χ1) is 10.4. The van der Waals surface area contributed by atoms with Gasteiger partial charge in [-0.25, -0.2) is 9.13 Å². The number of aryl methyl sites for hydroxylation is 3. The molecule has 2 rings (SSSR count). The molecule has 0 saturated heterocycles. The van der Waals surface area contributed by atoms with Crippen LogP contribution in [0.1, 0.15) is 19.4 Å². The van der Waals surface area contributed by atoms with Gasteiger partial charge < -0.3 is 10.6 Å². The van der Waals surface area contributed by atoms with Crippen molar-refractivity contribution in [2.75, 3.05) is 10.6 Å². The van der Waals surface area contributed by atoms with Crippen LogP contribution in [0.5, 0.6) is 0 Å². The van der Waals surface area contributed by atoms with Gasteiger partial charge in [0.1, 0.15) is 12.4 Å². The molecule has 1 aromatic heterocycles. The van der Waals surface area contributed by atoms with Gasteiger partial charge >= 0.3 is 0 Å². The zero-order valence-corrected chi connectivity index (χ0v) is 13.1. The molecule has 6 nitrogen and oxygen atoms in total. The molecule has 0 aliphatic carbocycles. The normalized spacial score (nSPS) is 10.3. The van der Waals surface area contributed by atoms with Gasteiger partial charge in [-0.2, -0.15) is 0 Å². The third kappa shape index (κ3) is 4.44. The van der Waals surface area contributed by atoms with E-state index in [9.17, 15) is 9.59 Å². The first-order valence-electron chi connectivity index (χ1n) is 7.13. The summed E-state index contributed by atoms with van der Waals surface area (Å²) in [7, 11) is 1.97. The van der Waals surface area contributed by atoms with Crippen LogP contribution in [0.15, 0.2) is 36.9 Å². The lowest BCUT2D eigenvalue weighted by atomic mass is 10.1. The van der Waals surface area contributed by atoms with Gasteiger partial charge in [-0.05, 0) is 23.8 Å². The van der Waals surface area contributed by atoms with Crippen molar-refractivity contribution in [3.63, 3.8) is 0 Å². The number of benzene rings is 1. The van der Waals surface area contributed by atoms with Crippen molar-refractivity contribution in [2.24, 2.45) is 7.05 Å². The van der Waals surface area contributed by atoms with Gasteiger partial charge in [-0.15, -0.1) is 0 Å². The molecular weight excluding hydrogens is 280 g/mol. The summed E-state index contributed by atoms with van der Waals surface area (Å²) in [5, 5.41) is 5.59. The SMILES string of the molecule is CC(=O)Nc1ccc(NC(C)=O)c(CCn2cc[n+](C)c2)c1. The van der Waals surface area contributed by atoms with E-state index >= 15 is 0 Å². The number of hydrogen-bond donors (Lipinski definition) is 2. The lowest BCUT2D eigenvalue weighted by molar-refractivity contribution is -0.671. The van der Waals surface area contributed by atoms with Crippen LogP contribution >= 0.6 is 0 Å².